The van der Waals surface area contributed by atoms with E-state index in [1.807, 2.05) is 24.4 Å². The van der Waals surface area contributed by atoms with Crippen molar-refractivity contribution < 1.29 is 9.53 Å². The Bertz CT molecular complexity index is 995. The Kier molecular flexibility index (Phi) is 7.69. The molecule has 1 aromatic carbocycles. The van der Waals surface area contributed by atoms with Gasteiger partial charge in [0.25, 0.3) is 0 Å². The van der Waals surface area contributed by atoms with Crippen LogP contribution in [0.15, 0.2) is 34.8 Å². The van der Waals surface area contributed by atoms with Crippen molar-refractivity contribution in [2.75, 3.05) is 18.6 Å². The second-order valence-electron chi connectivity index (χ2n) is 6.99. The van der Waals surface area contributed by atoms with Gasteiger partial charge in [0.1, 0.15) is 0 Å². The first-order chi connectivity index (χ1) is 14.4. The van der Waals surface area contributed by atoms with Gasteiger partial charge >= 0.3 is 0 Å². The molecule has 2 heterocycles. The number of benzene rings is 1. The zero-order valence-corrected chi connectivity index (χ0v) is 19.8. The maximum atomic E-state index is 12.3. The maximum Gasteiger partial charge on any atom is 0.230 e. The molecule has 0 saturated heterocycles. The van der Waals surface area contributed by atoms with Crippen LogP contribution < -0.4 is 4.90 Å². The molecular formula is C22H28N4O2S2. The number of nitrogens with zero attached hydrogens (tertiary/aromatic N) is 4. The molecule has 0 unspecified atom stereocenters. The molecule has 0 aliphatic rings. The minimum absolute atomic E-state index is 0.0471. The van der Waals surface area contributed by atoms with E-state index in [0.717, 1.165) is 40.9 Å². The molecule has 0 radical (unpaired) electrons. The van der Waals surface area contributed by atoms with Gasteiger partial charge in [0.2, 0.25) is 5.91 Å². The van der Waals surface area contributed by atoms with Crippen molar-refractivity contribution in [3.63, 3.8) is 0 Å². The summed E-state index contributed by atoms with van der Waals surface area (Å²) in [5, 5.41) is 3.67. The topological polar surface area (TPSA) is 60.2 Å². The molecular weight excluding hydrogens is 416 g/mol. The first-order valence-corrected chi connectivity index (χ1v) is 11.8. The number of hydrogen-bond acceptors (Lipinski definition) is 6. The lowest BCUT2D eigenvalue weighted by atomic mass is 10.1. The molecule has 0 spiro atoms. The van der Waals surface area contributed by atoms with E-state index < -0.39 is 0 Å². The second kappa shape index (κ2) is 10.2. The van der Waals surface area contributed by atoms with E-state index in [1.54, 1.807) is 30.7 Å². The number of methoxy groups -OCH3 is 1. The van der Waals surface area contributed by atoms with E-state index in [-0.39, 0.29) is 5.91 Å². The fraction of sp³-hybridized carbons (Fsp3) is 0.409. The molecule has 0 fully saturated rings. The summed E-state index contributed by atoms with van der Waals surface area (Å²) in [4.78, 5) is 23.4. The maximum absolute atomic E-state index is 12.3. The van der Waals surface area contributed by atoms with Crippen LogP contribution in [0.1, 0.15) is 36.5 Å². The number of imidazole rings is 1. The number of amides is 1. The third-order valence-electron chi connectivity index (χ3n) is 4.94. The Morgan fingerprint density at radius 2 is 1.97 bits per heavy atom. The monoisotopic (exact) mass is 444 g/mol. The van der Waals surface area contributed by atoms with Gasteiger partial charge in [-0.2, -0.15) is 0 Å². The molecule has 1 amide bonds. The number of carbonyl (C=O) groups excluding carboxylic acids is 1. The number of thiazole rings is 1. The predicted octanol–water partition coefficient (Wildman–Crippen LogP) is 5.14. The molecule has 6 nitrogen and oxygen atoms in total. The van der Waals surface area contributed by atoms with Gasteiger partial charge in [-0.3, -0.25) is 9.69 Å². The molecule has 0 aliphatic heterocycles. The quantitative estimate of drug-likeness (QED) is 0.428. The Labute approximate surface area is 186 Å². The summed E-state index contributed by atoms with van der Waals surface area (Å²) in [5.41, 5.74) is 5.22. The lowest BCUT2D eigenvalue weighted by molar-refractivity contribution is -0.115. The summed E-state index contributed by atoms with van der Waals surface area (Å²) in [6.45, 7) is 9.22. The zero-order chi connectivity index (χ0) is 21.7. The highest BCUT2D eigenvalue weighted by molar-refractivity contribution is 7.98. The zero-order valence-electron chi connectivity index (χ0n) is 18.1. The number of anilines is 2. The van der Waals surface area contributed by atoms with E-state index in [2.05, 4.69) is 30.5 Å². The van der Waals surface area contributed by atoms with Crippen LogP contribution in [-0.4, -0.2) is 34.2 Å². The number of aryl methyl sites for hydroxylation is 2. The molecule has 0 atom stereocenters. The first-order valence-electron chi connectivity index (χ1n) is 9.94. The fourth-order valence-electron chi connectivity index (χ4n) is 3.09. The summed E-state index contributed by atoms with van der Waals surface area (Å²) in [5.74, 6) is 0.647. The fourth-order valence-corrected chi connectivity index (χ4v) is 5.09. The van der Waals surface area contributed by atoms with Gasteiger partial charge < -0.3 is 9.30 Å². The molecule has 3 rings (SSSR count). The molecule has 0 bridgehead atoms. The predicted molar refractivity (Wildman–Crippen MR) is 124 cm³/mol. The highest BCUT2D eigenvalue weighted by Gasteiger charge is 2.19. The summed E-state index contributed by atoms with van der Waals surface area (Å²) < 4.78 is 7.42. The van der Waals surface area contributed by atoms with Crippen molar-refractivity contribution in [1.82, 2.24) is 14.5 Å². The van der Waals surface area contributed by atoms with Crippen LogP contribution in [0.2, 0.25) is 0 Å². The van der Waals surface area contributed by atoms with Gasteiger partial charge in [-0.25, -0.2) is 9.97 Å². The minimum atomic E-state index is -0.0471. The van der Waals surface area contributed by atoms with Gasteiger partial charge in [0, 0.05) is 37.4 Å². The number of hydrogen-bond donors (Lipinski definition) is 0. The van der Waals surface area contributed by atoms with Crippen LogP contribution in [0, 0.1) is 13.8 Å². The van der Waals surface area contributed by atoms with Crippen molar-refractivity contribution in [3.05, 3.63) is 52.3 Å². The first kappa shape index (κ1) is 22.5. The number of carbonyl (C=O) groups is 1. The van der Waals surface area contributed by atoms with Gasteiger partial charge in [-0.05, 0) is 38.0 Å². The van der Waals surface area contributed by atoms with Crippen molar-refractivity contribution in [1.29, 1.82) is 0 Å². The van der Waals surface area contributed by atoms with E-state index in [4.69, 9.17) is 14.7 Å². The van der Waals surface area contributed by atoms with Crippen molar-refractivity contribution in [2.45, 2.75) is 51.6 Å². The molecule has 8 heteroatoms. The summed E-state index contributed by atoms with van der Waals surface area (Å²) in [7, 11) is 1.71. The number of rotatable bonds is 9. The van der Waals surface area contributed by atoms with Crippen molar-refractivity contribution in [2.24, 2.45) is 0 Å². The number of ether oxygens (including phenoxy) is 1. The highest BCUT2D eigenvalue weighted by atomic mass is 32.2. The molecule has 30 heavy (non-hydrogen) atoms. The van der Waals surface area contributed by atoms with Gasteiger partial charge in [0.05, 0.1) is 23.7 Å². The Hall–Kier alpha value is -2.16. The SMILES string of the molecule is CCc1ccc(N(C(C)=O)c2nc(CSc3nc(C)c(C)n3CCOC)cs2)cc1. The van der Waals surface area contributed by atoms with Gasteiger partial charge in [0.15, 0.2) is 10.3 Å². The lowest BCUT2D eigenvalue weighted by Gasteiger charge is -2.18. The van der Waals surface area contributed by atoms with Crippen molar-refractivity contribution >= 4 is 39.8 Å². The average Bonchev–Trinajstić information content (AvgIpc) is 3.30. The smallest absolute Gasteiger partial charge is 0.230 e. The van der Waals surface area contributed by atoms with Gasteiger partial charge in [-0.1, -0.05) is 30.8 Å². The molecule has 3 aromatic rings. The van der Waals surface area contributed by atoms with Crippen LogP contribution >= 0.6 is 23.1 Å². The minimum Gasteiger partial charge on any atom is -0.383 e. The van der Waals surface area contributed by atoms with Crippen LogP contribution in [0.5, 0.6) is 0 Å². The third kappa shape index (κ3) is 5.11. The van der Waals surface area contributed by atoms with E-state index >= 15 is 0 Å². The summed E-state index contributed by atoms with van der Waals surface area (Å²) in [6.07, 6.45) is 0.970. The second-order valence-corrected chi connectivity index (χ2v) is 8.77. The molecule has 0 aliphatic carbocycles. The third-order valence-corrected chi connectivity index (χ3v) is 6.82. The van der Waals surface area contributed by atoms with Crippen LogP contribution in [-0.2, 0) is 28.2 Å². The summed E-state index contributed by atoms with van der Waals surface area (Å²) in [6, 6.07) is 8.07. The average molecular weight is 445 g/mol. The summed E-state index contributed by atoms with van der Waals surface area (Å²) >= 11 is 3.14. The van der Waals surface area contributed by atoms with Crippen LogP contribution in [0.25, 0.3) is 0 Å². The Morgan fingerprint density at radius 3 is 2.60 bits per heavy atom. The Balaban J connectivity index is 1.75. The highest BCUT2D eigenvalue weighted by Crippen LogP contribution is 2.31. The lowest BCUT2D eigenvalue weighted by Crippen LogP contribution is -2.22. The number of thioether (sulfide) groups is 1. The standard InChI is InChI=1S/C22H28N4O2S2/c1-6-18-7-9-20(10-8-18)26(17(4)27)22-24-19(14-30-22)13-29-21-23-15(2)16(3)25(21)11-12-28-5/h7-10,14H,6,11-13H2,1-5H3. The Morgan fingerprint density at radius 1 is 1.23 bits per heavy atom. The number of aromatic nitrogens is 3. The van der Waals surface area contributed by atoms with Crippen LogP contribution in [0.3, 0.4) is 0 Å². The molecule has 0 N–H and O–H groups in total. The molecule has 0 saturated carbocycles. The van der Waals surface area contributed by atoms with Crippen LogP contribution in [0.4, 0.5) is 10.8 Å². The molecule has 160 valence electrons. The van der Waals surface area contributed by atoms with E-state index in [1.165, 1.54) is 16.9 Å². The normalized spacial score (nSPS) is 11.1. The largest absolute Gasteiger partial charge is 0.383 e. The van der Waals surface area contributed by atoms with Crippen molar-refractivity contribution in [3.8, 4) is 0 Å². The van der Waals surface area contributed by atoms with Gasteiger partial charge in [-0.15, -0.1) is 11.3 Å². The van der Waals surface area contributed by atoms with E-state index in [0.29, 0.717) is 17.5 Å². The molecule has 2 aromatic heterocycles. The van der Waals surface area contributed by atoms with E-state index in [9.17, 15) is 4.79 Å².